The molecular formula is C20H23N3O2S. The van der Waals surface area contributed by atoms with Crippen molar-refractivity contribution < 1.29 is 9.53 Å². The van der Waals surface area contributed by atoms with Crippen LogP contribution in [0.2, 0.25) is 0 Å². The molecule has 3 rings (SSSR count). The van der Waals surface area contributed by atoms with Gasteiger partial charge in [0, 0.05) is 12.1 Å². The number of amides is 1. The van der Waals surface area contributed by atoms with Crippen LogP contribution in [0.15, 0.2) is 42.5 Å². The minimum atomic E-state index is -0.148. The topological polar surface area (TPSA) is 54.5 Å². The molecule has 136 valence electrons. The van der Waals surface area contributed by atoms with Crippen molar-refractivity contribution in [3.63, 3.8) is 0 Å². The zero-order valence-corrected chi connectivity index (χ0v) is 16.1. The molecule has 0 saturated carbocycles. The summed E-state index contributed by atoms with van der Waals surface area (Å²) >= 11 is 1.44. The number of fused-ring (bicyclic) bond motifs is 1. The van der Waals surface area contributed by atoms with Crippen LogP contribution in [0.1, 0.15) is 29.8 Å². The maximum Gasteiger partial charge on any atom is 0.257 e. The van der Waals surface area contributed by atoms with Crippen molar-refractivity contribution in [3.05, 3.63) is 53.6 Å². The summed E-state index contributed by atoms with van der Waals surface area (Å²) in [4.78, 5) is 19.3. The van der Waals surface area contributed by atoms with Crippen LogP contribution in [-0.2, 0) is 6.54 Å². The summed E-state index contributed by atoms with van der Waals surface area (Å²) in [6.45, 7) is 7.23. The first kappa shape index (κ1) is 18.4. The number of methoxy groups -OCH3 is 1. The van der Waals surface area contributed by atoms with Gasteiger partial charge in [0.15, 0.2) is 5.13 Å². The van der Waals surface area contributed by atoms with Crippen LogP contribution in [0, 0.1) is 0 Å². The molecule has 1 N–H and O–H groups in total. The number of ether oxygens (including phenoxy) is 1. The molecule has 1 amide bonds. The molecular weight excluding hydrogens is 346 g/mol. The van der Waals surface area contributed by atoms with Crippen LogP contribution in [0.3, 0.4) is 0 Å². The van der Waals surface area contributed by atoms with Crippen LogP contribution in [0.4, 0.5) is 5.13 Å². The van der Waals surface area contributed by atoms with Gasteiger partial charge in [-0.15, -0.1) is 0 Å². The van der Waals surface area contributed by atoms with Gasteiger partial charge < -0.3 is 4.74 Å². The van der Waals surface area contributed by atoms with E-state index in [0.717, 1.165) is 35.6 Å². The van der Waals surface area contributed by atoms with E-state index < -0.39 is 0 Å². The Morgan fingerprint density at radius 3 is 2.54 bits per heavy atom. The lowest BCUT2D eigenvalue weighted by Gasteiger charge is -2.17. The molecule has 0 saturated heterocycles. The SMILES string of the molecule is CCN(CC)Cc1ccc(C(=O)Nc2nc3ccc(OC)cc3s2)cc1. The number of nitrogens with one attached hydrogen (secondary N) is 1. The molecule has 6 heteroatoms. The molecule has 0 aliphatic heterocycles. The maximum atomic E-state index is 12.5. The van der Waals surface area contributed by atoms with Gasteiger partial charge in [-0.1, -0.05) is 37.3 Å². The summed E-state index contributed by atoms with van der Waals surface area (Å²) in [6.07, 6.45) is 0. The predicted molar refractivity (Wildman–Crippen MR) is 107 cm³/mol. The lowest BCUT2D eigenvalue weighted by atomic mass is 10.1. The lowest BCUT2D eigenvalue weighted by Crippen LogP contribution is -2.22. The highest BCUT2D eigenvalue weighted by Crippen LogP contribution is 2.29. The van der Waals surface area contributed by atoms with Crippen LogP contribution < -0.4 is 10.1 Å². The molecule has 0 atom stereocenters. The second-order valence-corrected chi connectivity index (χ2v) is 7.00. The van der Waals surface area contributed by atoms with E-state index in [1.807, 2.05) is 42.5 Å². The third kappa shape index (κ3) is 4.20. The maximum absolute atomic E-state index is 12.5. The van der Waals surface area contributed by atoms with Gasteiger partial charge in [0.1, 0.15) is 5.75 Å². The standard InChI is InChI=1S/C20H23N3O2S/c1-4-23(5-2)13-14-6-8-15(9-7-14)19(24)22-20-21-17-11-10-16(25-3)12-18(17)26-20/h6-12H,4-5,13H2,1-3H3,(H,21,22,24). The Hall–Kier alpha value is -2.44. The number of hydrogen-bond donors (Lipinski definition) is 1. The average molecular weight is 369 g/mol. The minimum Gasteiger partial charge on any atom is -0.497 e. The lowest BCUT2D eigenvalue weighted by molar-refractivity contribution is 0.102. The number of nitrogens with zero attached hydrogens (tertiary/aromatic N) is 2. The predicted octanol–water partition coefficient (Wildman–Crippen LogP) is 4.40. The van der Waals surface area contributed by atoms with Gasteiger partial charge >= 0.3 is 0 Å². The van der Waals surface area contributed by atoms with E-state index in [1.54, 1.807) is 7.11 Å². The number of aromatic nitrogens is 1. The second-order valence-electron chi connectivity index (χ2n) is 5.97. The molecule has 2 aromatic carbocycles. The van der Waals surface area contributed by atoms with Crippen LogP contribution in [-0.4, -0.2) is 36.0 Å². The molecule has 0 fully saturated rings. The van der Waals surface area contributed by atoms with E-state index in [4.69, 9.17) is 4.74 Å². The first-order valence-corrected chi connectivity index (χ1v) is 9.51. The Kier molecular flexibility index (Phi) is 5.85. The Labute approximate surface area is 157 Å². The van der Waals surface area contributed by atoms with Crippen LogP contribution in [0.25, 0.3) is 10.2 Å². The highest BCUT2D eigenvalue weighted by molar-refractivity contribution is 7.22. The Morgan fingerprint density at radius 2 is 1.88 bits per heavy atom. The van der Waals surface area contributed by atoms with Gasteiger partial charge in [0.2, 0.25) is 0 Å². The van der Waals surface area contributed by atoms with Gasteiger partial charge in [-0.2, -0.15) is 0 Å². The van der Waals surface area contributed by atoms with Crippen LogP contribution in [0.5, 0.6) is 5.75 Å². The molecule has 26 heavy (non-hydrogen) atoms. The molecule has 3 aromatic rings. The van der Waals surface area contributed by atoms with E-state index in [1.165, 1.54) is 16.9 Å². The molecule has 0 bridgehead atoms. The van der Waals surface area contributed by atoms with E-state index in [0.29, 0.717) is 10.7 Å². The number of hydrogen-bond acceptors (Lipinski definition) is 5. The highest BCUT2D eigenvalue weighted by Gasteiger charge is 2.11. The zero-order valence-electron chi connectivity index (χ0n) is 15.3. The minimum absolute atomic E-state index is 0.148. The van der Waals surface area contributed by atoms with Gasteiger partial charge in [-0.3, -0.25) is 15.0 Å². The van der Waals surface area contributed by atoms with E-state index >= 15 is 0 Å². The fourth-order valence-corrected chi connectivity index (χ4v) is 3.61. The van der Waals surface area contributed by atoms with E-state index in [2.05, 4.69) is 29.0 Å². The van der Waals surface area contributed by atoms with E-state index in [9.17, 15) is 4.79 Å². The van der Waals surface area contributed by atoms with Crippen molar-refractivity contribution >= 4 is 32.6 Å². The smallest absolute Gasteiger partial charge is 0.257 e. The number of carbonyl (C=O) groups excluding carboxylic acids is 1. The molecule has 0 radical (unpaired) electrons. The summed E-state index contributed by atoms with van der Waals surface area (Å²) in [5.41, 5.74) is 2.68. The Morgan fingerprint density at radius 1 is 1.15 bits per heavy atom. The number of rotatable bonds is 7. The second kappa shape index (κ2) is 8.29. The van der Waals surface area contributed by atoms with Crippen molar-refractivity contribution in [2.45, 2.75) is 20.4 Å². The summed E-state index contributed by atoms with van der Waals surface area (Å²) in [7, 11) is 1.63. The number of thiazole rings is 1. The highest BCUT2D eigenvalue weighted by atomic mass is 32.1. The van der Waals surface area contributed by atoms with Crippen molar-refractivity contribution in [2.24, 2.45) is 0 Å². The number of benzene rings is 2. The molecule has 0 spiro atoms. The first-order chi connectivity index (χ1) is 12.6. The Balaban J connectivity index is 1.69. The molecule has 0 aliphatic rings. The first-order valence-electron chi connectivity index (χ1n) is 8.70. The summed E-state index contributed by atoms with van der Waals surface area (Å²) in [5.74, 6) is 0.633. The molecule has 0 unspecified atom stereocenters. The summed E-state index contributed by atoms with van der Waals surface area (Å²) in [5, 5.41) is 3.47. The fraction of sp³-hybridized carbons (Fsp3) is 0.300. The van der Waals surface area contributed by atoms with Gasteiger partial charge in [0.05, 0.1) is 17.3 Å². The summed E-state index contributed by atoms with van der Waals surface area (Å²) < 4.78 is 6.21. The Bertz CT molecular complexity index is 886. The van der Waals surface area contributed by atoms with Crippen molar-refractivity contribution in [3.8, 4) is 5.75 Å². The average Bonchev–Trinajstić information content (AvgIpc) is 3.07. The third-order valence-corrected chi connectivity index (χ3v) is 5.27. The van der Waals surface area contributed by atoms with Gasteiger partial charge in [0.25, 0.3) is 5.91 Å². The van der Waals surface area contributed by atoms with Crippen LogP contribution >= 0.6 is 11.3 Å². The number of carbonyl (C=O) groups is 1. The largest absolute Gasteiger partial charge is 0.497 e. The van der Waals surface area contributed by atoms with Crippen molar-refractivity contribution in [2.75, 3.05) is 25.5 Å². The van der Waals surface area contributed by atoms with Crippen molar-refractivity contribution in [1.82, 2.24) is 9.88 Å². The van der Waals surface area contributed by atoms with Crippen molar-refractivity contribution in [1.29, 1.82) is 0 Å². The quantitative estimate of drug-likeness (QED) is 0.671. The molecule has 5 nitrogen and oxygen atoms in total. The fourth-order valence-electron chi connectivity index (χ4n) is 2.72. The van der Waals surface area contributed by atoms with Gasteiger partial charge in [-0.05, 0) is 49.0 Å². The van der Waals surface area contributed by atoms with E-state index in [-0.39, 0.29) is 5.91 Å². The summed E-state index contributed by atoms with van der Waals surface area (Å²) in [6, 6.07) is 13.4. The normalized spacial score (nSPS) is 11.1. The third-order valence-electron chi connectivity index (χ3n) is 4.33. The van der Waals surface area contributed by atoms with Gasteiger partial charge in [-0.25, -0.2) is 4.98 Å². The zero-order chi connectivity index (χ0) is 18.5. The molecule has 1 aromatic heterocycles. The number of anilines is 1. The monoisotopic (exact) mass is 369 g/mol. The molecule has 1 heterocycles. The molecule has 0 aliphatic carbocycles.